The number of halogens is 1. The van der Waals surface area contributed by atoms with Gasteiger partial charge in [0.05, 0.1) is 11.3 Å². The summed E-state index contributed by atoms with van der Waals surface area (Å²) in [7, 11) is 0. The lowest BCUT2D eigenvalue weighted by Gasteiger charge is -2.08. The van der Waals surface area contributed by atoms with E-state index in [-0.39, 0.29) is 17.5 Å². The second-order valence-corrected chi connectivity index (χ2v) is 7.18. The van der Waals surface area contributed by atoms with Crippen LogP contribution in [0.1, 0.15) is 5.56 Å². The molecule has 6 nitrogen and oxygen atoms in total. The average Bonchev–Trinajstić information content (AvgIpc) is 3.28. The first-order valence-electron chi connectivity index (χ1n) is 7.82. The Balaban J connectivity index is 1.73. The SMILES string of the molecule is C=CCn1c(SCC(=O)Nc2sccc2C#N)nnc1-c1ccc(F)cc1. The van der Waals surface area contributed by atoms with Gasteiger partial charge in [-0.3, -0.25) is 9.36 Å². The number of nitriles is 1. The zero-order valence-corrected chi connectivity index (χ0v) is 15.7. The van der Waals surface area contributed by atoms with Gasteiger partial charge in [0.2, 0.25) is 5.91 Å². The number of nitrogens with one attached hydrogen (secondary N) is 1. The number of hydrogen-bond donors (Lipinski definition) is 1. The van der Waals surface area contributed by atoms with Crippen molar-refractivity contribution < 1.29 is 9.18 Å². The van der Waals surface area contributed by atoms with Crippen molar-refractivity contribution in [2.75, 3.05) is 11.1 Å². The van der Waals surface area contributed by atoms with E-state index in [1.54, 1.807) is 29.7 Å². The first kappa shape index (κ1) is 18.8. The van der Waals surface area contributed by atoms with Crippen LogP contribution < -0.4 is 5.32 Å². The predicted octanol–water partition coefficient (Wildman–Crippen LogP) is 3.93. The highest BCUT2D eigenvalue weighted by Gasteiger charge is 2.16. The van der Waals surface area contributed by atoms with E-state index >= 15 is 0 Å². The molecule has 1 N–H and O–H groups in total. The largest absolute Gasteiger partial charge is 0.316 e. The van der Waals surface area contributed by atoms with Crippen LogP contribution in [0.15, 0.2) is 53.5 Å². The molecule has 0 saturated heterocycles. The molecule has 9 heteroatoms. The Kier molecular flexibility index (Phi) is 6.01. The summed E-state index contributed by atoms with van der Waals surface area (Å²) in [5.74, 6) is 0.116. The second kappa shape index (κ2) is 8.62. The van der Waals surface area contributed by atoms with Gasteiger partial charge in [-0.15, -0.1) is 28.1 Å². The van der Waals surface area contributed by atoms with Crippen molar-refractivity contribution in [3.8, 4) is 17.5 Å². The Morgan fingerprint density at radius 2 is 2.15 bits per heavy atom. The fourth-order valence-electron chi connectivity index (χ4n) is 2.29. The molecule has 0 atom stereocenters. The predicted molar refractivity (Wildman–Crippen MR) is 104 cm³/mol. The molecule has 0 aliphatic carbocycles. The maximum absolute atomic E-state index is 13.1. The molecule has 1 aromatic carbocycles. The molecule has 3 rings (SSSR count). The molecule has 0 bridgehead atoms. The molecule has 3 aromatic rings. The number of allylic oxidation sites excluding steroid dienone is 1. The molecule has 0 aliphatic heterocycles. The summed E-state index contributed by atoms with van der Waals surface area (Å²) in [4.78, 5) is 12.2. The molecule has 0 fully saturated rings. The fraction of sp³-hybridized carbons (Fsp3) is 0.111. The summed E-state index contributed by atoms with van der Waals surface area (Å²) >= 11 is 2.52. The maximum Gasteiger partial charge on any atom is 0.235 e. The van der Waals surface area contributed by atoms with Crippen molar-refractivity contribution in [2.24, 2.45) is 0 Å². The van der Waals surface area contributed by atoms with Gasteiger partial charge in [-0.1, -0.05) is 17.8 Å². The summed E-state index contributed by atoms with van der Waals surface area (Å²) in [6, 6.07) is 9.65. The van der Waals surface area contributed by atoms with E-state index in [2.05, 4.69) is 22.1 Å². The van der Waals surface area contributed by atoms with E-state index in [4.69, 9.17) is 5.26 Å². The van der Waals surface area contributed by atoms with Crippen LogP contribution in [0.4, 0.5) is 9.39 Å². The first-order valence-corrected chi connectivity index (χ1v) is 9.69. The summed E-state index contributed by atoms with van der Waals surface area (Å²) in [5.41, 5.74) is 1.16. The first-order chi connectivity index (χ1) is 13.1. The van der Waals surface area contributed by atoms with Crippen molar-refractivity contribution in [2.45, 2.75) is 11.7 Å². The normalized spacial score (nSPS) is 10.4. The van der Waals surface area contributed by atoms with Crippen molar-refractivity contribution >= 4 is 34.0 Å². The Bertz CT molecular complexity index is 1000. The quantitative estimate of drug-likeness (QED) is 0.481. The zero-order chi connectivity index (χ0) is 19.2. The third-order valence-electron chi connectivity index (χ3n) is 3.50. The van der Waals surface area contributed by atoms with E-state index in [0.29, 0.717) is 28.1 Å². The van der Waals surface area contributed by atoms with Crippen LogP contribution in [-0.2, 0) is 11.3 Å². The number of benzene rings is 1. The highest BCUT2D eigenvalue weighted by molar-refractivity contribution is 7.99. The minimum Gasteiger partial charge on any atom is -0.316 e. The lowest BCUT2D eigenvalue weighted by Crippen LogP contribution is -2.14. The number of aromatic nitrogens is 3. The van der Waals surface area contributed by atoms with Gasteiger partial charge in [0.1, 0.15) is 16.9 Å². The van der Waals surface area contributed by atoms with Gasteiger partial charge in [0.25, 0.3) is 0 Å². The topological polar surface area (TPSA) is 83.6 Å². The summed E-state index contributed by atoms with van der Waals surface area (Å²) in [6.07, 6.45) is 1.70. The minimum absolute atomic E-state index is 0.113. The number of carbonyl (C=O) groups is 1. The Morgan fingerprint density at radius 3 is 2.85 bits per heavy atom. The van der Waals surface area contributed by atoms with Crippen LogP contribution in [0, 0.1) is 17.1 Å². The van der Waals surface area contributed by atoms with E-state index in [9.17, 15) is 9.18 Å². The van der Waals surface area contributed by atoms with Gasteiger partial charge < -0.3 is 5.32 Å². The molecule has 0 aliphatic rings. The van der Waals surface area contributed by atoms with Gasteiger partial charge >= 0.3 is 0 Å². The highest BCUT2D eigenvalue weighted by Crippen LogP contribution is 2.26. The number of carbonyl (C=O) groups excluding carboxylic acids is 1. The zero-order valence-electron chi connectivity index (χ0n) is 14.1. The van der Waals surface area contributed by atoms with Crippen molar-refractivity contribution in [3.63, 3.8) is 0 Å². The molecule has 2 aromatic heterocycles. The van der Waals surface area contributed by atoms with E-state index in [0.717, 1.165) is 5.56 Å². The smallest absolute Gasteiger partial charge is 0.235 e. The van der Waals surface area contributed by atoms with Crippen molar-refractivity contribution in [3.05, 3.63) is 59.7 Å². The van der Waals surface area contributed by atoms with E-state index in [1.807, 2.05) is 10.6 Å². The average molecular weight is 399 g/mol. The molecule has 136 valence electrons. The van der Waals surface area contributed by atoms with E-state index in [1.165, 1.54) is 35.2 Å². The maximum atomic E-state index is 13.1. The van der Waals surface area contributed by atoms with Crippen LogP contribution in [0.25, 0.3) is 11.4 Å². The molecular weight excluding hydrogens is 385 g/mol. The molecular formula is C18H14FN5OS2. The summed E-state index contributed by atoms with van der Waals surface area (Å²) in [6.45, 7) is 4.19. The van der Waals surface area contributed by atoms with Crippen LogP contribution >= 0.6 is 23.1 Å². The lowest BCUT2D eigenvalue weighted by molar-refractivity contribution is -0.113. The Labute approximate surface area is 163 Å². The van der Waals surface area contributed by atoms with Gasteiger partial charge in [-0.2, -0.15) is 5.26 Å². The van der Waals surface area contributed by atoms with Crippen molar-refractivity contribution in [1.29, 1.82) is 5.26 Å². The third kappa shape index (κ3) is 4.42. The molecule has 0 radical (unpaired) electrons. The van der Waals surface area contributed by atoms with Crippen LogP contribution in [0.3, 0.4) is 0 Å². The Morgan fingerprint density at radius 1 is 1.37 bits per heavy atom. The molecule has 1 amide bonds. The number of rotatable bonds is 7. The highest BCUT2D eigenvalue weighted by atomic mass is 32.2. The van der Waals surface area contributed by atoms with Crippen LogP contribution in [0.5, 0.6) is 0 Å². The molecule has 0 saturated carbocycles. The minimum atomic E-state index is -0.329. The lowest BCUT2D eigenvalue weighted by atomic mass is 10.2. The van der Waals surface area contributed by atoms with Gasteiger partial charge in [-0.05, 0) is 35.7 Å². The molecule has 0 spiro atoms. The molecule has 2 heterocycles. The fourth-order valence-corrected chi connectivity index (χ4v) is 3.79. The Hall–Kier alpha value is -2.96. The number of thioether (sulfide) groups is 1. The number of nitrogens with zero attached hydrogens (tertiary/aromatic N) is 4. The van der Waals surface area contributed by atoms with Crippen LogP contribution in [0.2, 0.25) is 0 Å². The third-order valence-corrected chi connectivity index (χ3v) is 5.30. The number of amides is 1. The van der Waals surface area contributed by atoms with Crippen molar-refractivity contribution in [1.82, 2.24) is 14.8 Å². The second-order valence-electron chi connectivity index (χ2n) is 5.32. The standard InChI is InChI=1S/C18H14FN5OS2/c1-2-8-24-16(12-3-5-14(19)6-4-12)22-23-18(24)27-11-15(25)21-17-13(10-20)7-9-26-17/h2-7,9H,1,8,11H2,(H,21,25). The van der Waals surface area contributed by atoms with Gasteiger partial charge in [0, 0.05) is 12.1 Å². The molecule has 0 unspecified atom stereocenters. The summed E-state index contributed by atoms with van der Waals surface area (Å²) < 4.78 is 15.0. The van der Waals surface area contributed by atoms with Gasteiger partial charge in [0.15, 0.2) is 11.0 Å². The number of anilines is 1. The monoisotopic (exact) mass is 399 g/mol. The number of thiophene rings is 1. The molecule has 27 heavy (non-hydrogen) atoms. The van der Waals surface area contributed by atoms with E-state index < -0.39 is 0 Å². The van der Waals surface area contributed by atoms with Crippen LogP contribution in [-0.4, -0.2) is 26.4 Å². The van der Waals surface area contributed by atoms with Gasteiger partial charge in [-0.25, -0.2) is 4.39 Å². The number of hydrogen-bond acceptors (Lipinski definition) is 6. The summed E-state index contributed by atoms with van der Waals surface area (Å²) in [5, 5.41) is 22.9.